The Labute approximate surface area is 216 Å². The molecule has 10 heteroatoms. The van der Waals surface area contributed by atoms with Crippen LogP contribution in [-0.4, -0.2) is 52.1 Å². The lowest BCUT2D eigenvalue weighted by atomic mass is 9.92. The number of ether oxygens (including phenoxy) is 1. The number of pyridine rings is 1. The van der Waals surface area contributed by atoms with Crippen molar-refractivity contribution in [2.24, 2.45) is 5.92 Å². The van der Waals surface area contributed by atoms with Crippen molar-refractivity contribution in [3.63, 3.8) is 0 Å². The van der Waals surface area contributed by atoms with E-state index in [-0.39, 0.29) is 32.4 Å². The van der Waals surface area contributed by atoms with Gasteiger partial charge in [0, 0.05) is 24.5 Å². The maximum Gasteiger partial charge on any atom is 0.408 e. The molecule has 2 aliphatic rings. The highest BCUT2D eigenvalue weighted by molar-refractivity contribution is 7.59. The molecule has 1 fully saturated rings. The fourth-order valence-corrected chi connectivity index (χ4v) is 4.54. The van der Waals surface area contributed by atoms with Crippen molar-refractivity contribution in [1.82, 2.24) is 15.2 Å². The molecular weight excluding hydrogens is 485 g/mol. The number of aromatic nitrogens is 1. The van der Waals surface area contributed by atoms with Gasteiger partial charge in [0.05, 0.1) is 6.42 Å². The first-order valence-corrected chi connectivity index (χ1v) is 12.0. The van der Waals surface area contributed by atoms with Crippen LogP contribution in [-0.2, 0) is 40.2 Å². The number of halogens is 1. The predicted molar refractivity (Wildman–Crippen MR) is 135 cm³/mol. The van der Waals surface area contributed by atoms with Gasteiger partial charge in [-0.25, -0.2) is 14.0 Å². The molecule has 8 nitrogen and oxygen atoms in total. The molecule has 1 aliphatic heterocycles. The summed E-state index contributed by atoms with van der Waals surface area (Å²) in [5.74, 6) is -1.76. The number of hydrogen-bond donors (Lipinski definition) is 2. The van der Waals surface area contributed by atoms with Gasteiger partial charge in [0.2, 0.25) is 5.91 Å². The van der Waals surface area contributed by atoms with Crippen LogP contribution in [0.3, 0.4) is 0 Å². The number of carbonyl (C=O) groups excluding carboxylic acids is 2. The largest absolute Gasteiger partial charge is 0.480 e. The number of hydrogen-bond acceptors (Lipinski definition) is 5. The number of likely N-dealkylation sites (tertiary alicyclic amines) is 1. The van der Waals surface area contributed by atoms with Crippen LogP contribution in [0.25, 0.3) is 0 Å². The zero-order chi connectivity index (χ0) is 24.8. The molecule has 2 heterocycles. The normalized spacial score (nSPS) is 15.6. The number of alkyl carbamates (subject to hydrolysis) is 1. The van der Waals surface area contributed by atoms with Crippen LogP contribution in [0.15, 0.2) is 36.4 Å². The van der Waals surface area contributed by atoms with Crippen molar-refractivity contribution in [3.05, 3.63) is 64.7 Å². The minimum atomic E-state index is -1.40. The fraction of sp³-hybridized carbons (Fsp3) is 0.462. The highest BCUT2D eigenvalue weighted by Crippen LogP contribution is 2.24. The van der Waals surface area contributed by atoms with E-state index in [4.69, 9.17) is 9.72 Å². The Morgan fingerprint density at radius 3 is 2.69 bits per heavy atom. The van der Waals surface area contributed by atoms with Crippen molar-refractivity contribution in [3.8, 4) is 0 Å². The highest BCUT2D eigenvalue weighted by atomic mass is 32.1. The number of carboxylic acid groups (broad SMARTS) is 1. The third-order valence-corrected chi connectivity index (χ3v) is 6.58. The maximum absolute atomic E-state index is 13.2. The first-order chi connectivity index (χ1) is 16.9. The zero-order valence-corrected chi connectivity index (χ0v) is 21.0. The second kappa shape index (κ2) is 12.7. The predicted octanol–water partition coefficient (Wildman–Crippen LogP) is 3.37. The molecule has 36 heavy (non-hydrogen) atoms. The summed E-state index contributed by atoms with van der Waals surface area (Å²) in [6.07, 6.45) is 5.02. The van der Waals surface area contributed by atoms with Gasteiger partial charge in [-0.2, -0.15) is 13.5 Å². The lowest BCUT2D eigenvalue weighted by Gasteiger charge is -2.40. The average molecular weight is 518 g/mol. The average Bonchev–Trinajstić information content (AvgIpc) is 2.81. The summed E-state index contributed by atoms with van der Waals surface area (Å²) >= 11 is 0. The summed E-state index contributed by atoms with van der Waals surface area (Å²) in [5, 5.41) is 11.6. The molecule has 2 N–H and O–H groups in total. The van der Waals surface area contributed by atoms with E-state index in [1.165, 1.54) is 42.3 Å². The van der Waals surface area contributed by atoms with Gasteiger partial charge in [0.15, 0.2) is 0 Å². The summed E-state index contributed by atoms with van der Waals surface area (Å²) in [7, 11) is 0. The molecule has 0 radical (unpaired) electrons. The summed E-state index contributed by atoms with van der Waals surface area (Å²) in [4.78, 5) is 42.5. The topological polar surface area (TPSA) is 109 Å². The SMILES string of the molecule is O=C(N[C@@H](CC(=O)N1CC(CCc2ccc3c(n2)CCCC3)C1)C(=O)O)OCc1cccc(F)c1.S. The van der Waals surface area contributed by atoms with Crippen LogP contribution < -0.4 is 5.32 Å². The van der Waals surface area contributed by atoms with E-state index in [1.54, 1.807) is 11.0 Å². The van der Waals surface area contributed by atoms with Crippen LogP contribution in [0.4, 0.5) is 9.18 Å². The van der Waals surface area contributed by atoms with Crippen LogP contribution in [0.1, 0.15) is 48.2 Å². The van der Waals surface area contributed by atoms with Gasteiger partial charge >= 0.3 is 12.1 Å². The molecule has 0 unspecified atom stereocenters. The fourth-order valence-electron chi connectivity index (χ4n) is 4.54. The standard InChI is InChI=1S/C26H30FN3O5.H2S/c27-20-6-3-4-17(12-20)16-35-26(34)29-23(25(32)33)13-24(31)30-14-18(15-30)8-10-21-11-9-19-5-1-2-7-22(19)28-21;/h3-4,6,9,11-12,18,23H,1-2,5,7-8,10,13-16H2,(H,29,34)(H,32,33);1H2/t23-;/m0./s1. The highest BCUT2D eigenvalue weighted by Gasteiger charge is 2.33. The van der Waals surface area contributed by atoms with E-state index in [1.807, 2.05) is 0 Å². The number of nitrogens with one attached hydrogen (secondary N) is 1. The molecule has 4 rings (SSSR count). The smallest absolute Gasteiger partial charge is 0.408 e. The lowest BCUT2D eigenvalue weighted by Crippen LogP contribution is -2.53. The summed E-state index contributed by atoms with van der Waals surface area (Å²) < 4.78 is 18.2. The minimum Gasteiger partial charge on any atom is -0.480 e. The van der Waals surface area contributed by atoms with E-state index >= 15 is 0 Å². The summed E-state index contributed by atoms with van der Waals surface area (Å²) in [5.41, 5.74) is 4.10. The van der Waals surface area contributed by atoms with E-state index in [0.717, 1.165) is 31.4 Å². The number of aliphatic carboxylic acids is 1. The molecule has 2 amide bonds. The monoisotopic (exact) mass is 517 g/mol. The number of aryl methyl sites for hydroxylation is 3. The molecule has 1 aliphatic carbocycles. The third kappa shape index (κ3) is 7.43. The Hall–Kier alpha value is -3.14. The van der Waals surface area contributed by atoms with Crippen LogP contribution >= 0.6 is 13.5 Å². The van der Waals surface area contributed by atoms with Gasteiger partial charge in [-0.1, -0.05) is 18.2 Å². The number of carboxylic acids is 1. The summed E-state index contributed by atoms with van der Waals surface area (Å²) in [6, 6.07) is 8.43. The van der Waals surface area contributed by atoms with Crippen molar-refractivity contribution >= 4 is 31.5 Å². The van der Waals surface area contributed by atoms with Gasteiger partial charge < -0.3 is 20.1 Å². The zero-order valence-electron chi connectivity index (χ0n) is 20.0. The van der Waals surface area contributed by atoms with Crippen molar-refractivity contribution in [2.75, 3.05) is 13.1 Å². The molecule has 1 aromatic heterocycles. The number of fused-ring (bicyclic) bond motifs is 1. The van der Waals surface area contributed by atoms with Crippen LogP contribution in [0, 0.1) is 11.7 Å². The third-order valence-electron chi connectivity index (χ3n) is 6.58. The van der Waals surface area contributed by atoms with Gasteiger partial charge in [-0.3, -0.25) is 9.78 Å². The molecule has 0 bridgehead atoms. The van der Waals surface area contributed by atoms with Crippen molar-refractivity contribution in [2.45, 2.75) is 57.6 Å². The maximum atomic E-state index is 13.2. The molecule has 0 spiro atoms. The number of amides is 2. The van der Waals surface area contributed by atoms with E-state index < -0.39 is 23.9 Å². The van der Waals surface area contributed by atoms with E-state index in [0.29, 0.717) is 24.6 Å². The van der Waals surface area contributed by atoms with E-state index in [2.05, 4.69) is 17.4 Å². The first kappa shape index (κ1) is 27.4. The molecule has 1 saturated heterocycles. The molecule has 1 atom stereocenters. The second-order valence-electron chi connectivity index (χ2n) is 9.26. The molecule has 0 saturated carbocycles. The first-order valence-electron chi connectivity index (χ1n) is 12.0. The Morgan fingerprint density at radius 2 is 1.94 bits per heavy atom. The number of carbonyl (C=O) groups is 3. The lowest BCUT2D eigenvalue weighted by molar-refractivity contribution is -0.145. The van der Waals surface area contributed by atoms with Crippen molar-refractivity contribution in [1.29, 1.82) is 0 Å². The van der Waals surface area contributed by atoms with Gasteiger partial charge in [-0.05, 0) is 73.8 Å². The Kier molecular flexibility index (Phi) is 9.69. The number of benzene rings is 1. The Balaban J connectivity index is 0.00000361. The molecule has 1 aromatic carbocycles. The Morgan fingerprint density at radius 1 is 1.17 bits per heavy atom. The van der Waals surface area contributed by atoms with E-state index in [9.17, 15) is 23.9 Å². The van der Waals surface area contributed by atoms with Crippen LogP contribution in [0.2, 0.25) is 0 Å². The van der Waals surface area contributed by atoms with Gasteiger partial charge in [0.25, 0.3) is 0 Å². The quantitative estimate of drug-likeness (QED) is 0.528. The molecular formula is C26H32FN3O5S. The molecule has 194 valence electrons. The second-order valence-corrected chi connectivity index (χ2v) is 9.26. The number of nitrogens with zero attached hydrogens (tertiary/aromatic N) is 2. The van der Waals surface area contributed by atoms with Crippen LogP contribution in [0.5, 0.6) is 0 Å². The van der Waals surface area contributed by atoms with Gasteiger partial charge in [-0.15, -0.1) is 0 Å². The summed E-state index contributed by atoms with van der Waals surface area (Å²) in [6.45, 7) is 0.928. The molecule has 2 aromatic rings. The Bertz CT molecular complexity index is 1090. The van der Waals surface area contributed by atoms with Crippen molar-refractivity contribution < 1.29 is 28.6 Å². The number of rotatable bonds is 9. The van der Waals surface area contributed by atoms with Gasteiger partial charge in [0.1, 0.15) is 18.5 Å². The minimum absolute atomic E-state index is 0.